The molecule has 7 heteroatoms. The van der Waals surface area contributed by atoms with Crippen molar-refractivity contribution in [2.24, 2.45) is 0 Å². The van der Waals surface area contributed by atoms with Gasteiger partial charge in [0.25, 0.3) is 5.91 Å². The number of benzene rings is 2. The Balaban J connectivity index is 2.26. The maximum Gasteiger partial charge on any atom is 0.261 e. The molecule has 1 atom stereocenters. The number of nitrogens with one attached hydrogen (secondary N) is 1. The number of hydrogen-bond acceptors (Lipinski definition) is 5. The average molecular weight is 443 g/mol. The van der Waals surface area contributed by atoms with Crippen molar-refractivity contribution in [2.75, 3.05) is 20.8 Å². The molecular weight excluding hydrogens is 408 g/mol. The Morgan fingerprint density at radius 3 is 2.12 bits per heavy atom. The Hall–Kier alpha value is -3.22. The van der Waals surface area contributed by atoms with Gasteiger partial charge in [0.15, 0.2) is 18.1 Å². The van der Waals surface area contributed by atoms with E-state index in [0.717, 1.165) is 11.3 Å². The van der Waals surface area contributed by atoms with Crippen molar-refractivity contribution < 1.29 is 23.8 Å². The maximum absolute atomic E-state index is 13.3. The molecule has 2 amide bonds. The van der Waals surface area contributed by atoms with Crippen LogP contribution in [0, 0.1) is 0 Å². The lowest BCUT2D eigenvalue weighted by atomic mass is 10.1. The Morgan fingerprint density at radius 1 is 0.969 bits per heavy atom. The molecule has 174 valence electrons. The largest absolute Gasteiger partial charge is 0.497 e. The highest BCUT2D eigenvalue weighted by atomic mass is 16.5. The summed E-state index contributed by atoms with van der Waals surface area (Å²) in [6.45, 7) is 7.69. The van der Waals surface area contributed by atoms with E-state index < -0.39 is 11.6 Å². The van der Waals surface area contributed by atoms with Crippen LogP contribution in [0.3, 0.4) is 0 Å². The second-order valence-corrected chi connectivity index (χ2v) is 8.47. The molecule has 0 unspecified atom stereocenters. The lowest BCUT2D eigenvalue weighted by Crippen LogP contribution is -2.54. The zero-order valence-electron chi connectivity index (χ0n) is 19.8. The Morgan fingerprint density at radius 2 is 1.59 bits per heavy atom. The van der Waals surface area contributed by atoms with Crippen LogP contribution in [0.4, 0.5) is 0 Å². The van der Waals surface area contributed by atoms with Crippen LogP contribution >= 0.6 is 0 Å². The minimum atomic E-state index is -0.634. The highest BCUT2D eigenvalue weighted by molar-refractivity contribution is 5.88. The van der Waals surface area contributed by atoms with Crippen LogP contribution in [-0.4, -0.2) is 49.1 Å². The van der Waals surface area contributed by atoms with Gasteiger partial charge in [-0.05, 0) is 57.0 Å². The molecule has 2 aromatic carbocycles. The summed E-state index contributed by atoms with van der Waals surface area (Å²) in [7, 11) is 3.15. The molecule has 0 heterocycles. The lowest BCUT2D eigenvalue weighted by Gasteiger charge is -2.33. The molecule has 0 saturated carbocycles. The van der Waals surface area contributed by atoms with Crippen LogP contribution in [0.25, 0.3) is 0 Å². The van der Waals surface area contributed by atoms with Crippen LogP contribution in [0.1, 0.15) is 39.7 Å². The highest BCUT2D eigenvalue weighted by Gasteiger charge is 2.31. The third kappa shape index (κ3) is 7.18. The third-order valence-electron chi connectivity index (χ3n) is 4.82. The molecule has 0 spiro atoms. The number of carbonyl (C=O) groups excluding carboxylic acids is 2. The standard InChI is InChI=1S/C25H34N2O5/c1-7-20(24(29)26-25(2,3)4)27(16-18-12-14-19(30-5)15-13-18)23(28)17-32-22-11-9-8-10-21(22)31-6/h8-15,20H,7,16-17H2,1-6H3,(H,26,29)/t20-/m1/s1. The summed E-state index contributed by atoms with van der Waals surface area (Å²) < 4.78 is 16.3. The van der Waals surface area contributed by atoms with Crippen molar-refractivity contribution in [3.63, 3.8) is 0 Å². The van der Waals surface area contributed by atoms with Crippen molar-refractivity contribution in [1.82, 2.24) is 10.2 Å². The van der Waals surface area contributed by atoms with Crippen molar-refractivity contribution in [2.45, 2.75) is 52.2 Å². The van der Waals surface area contributed by atoms with Crippen LogP contribution < -0.4 is 19.5 Å². The first-order valence-electron chi connectivity index (χ1n) is 10.7. The second kappa shape index (κ2) is 11.4. The van der Waals surface area contributed by atoms with Gasteiger partial charge in [0.05, 0.1) is 14.2 Å². The number of rotatable bonds is 10. The summed E-state index contributed by atoms with van der Waals surface area (Å²) >= 11 is 0. The van der Waals surface area contributed by atoms with E-state index in [-0.39, 0.29) is 25.0 Å². The monoisotopic (exact) mass is 442 g/mol. The van der Waals surface area contributed by atoms with Gasteiger partial charge in [-0.15, -0.1) is 0 Å². The first-order valence-corrected chi connectivity index (χ1v) is 10.7. The molecule has 2 aromatic rings. The number of nitrogens with zero attached hydrogens (tertiary/aromatic N) is 1. The van der Waals surface area contributed by atoms with Gasteiger partial charge >= 0.3 is 0 Å². The lowest BCUT2D eigenvalue weighted by molar-refractivity contribution is -0.143. The van der Waals surface area contributed by atoms with Crippen molar-refractivity contribution >= 4 is 11.8 Å². The predicted molar refractivity (Wildman–Crippen MR) is 124 cm³/mol. The zero-order chi connectivity index (χ0) is 23.7. The Kier molecular flexibility index (Phi) is 8.93. The highest BCUT2D eigenvalue weighted by Crippen LogP contribution is 2.26. The van der Waals surface area contributed by atoms with E-state index in [2.05, 4.69) is 5.32 Å². The van der Waals surface area contributed by atoms with Gasteiger partial charge < -0.3 is 24.4 Å². The molecule has 0 aliphatic heterocycles. The molecule has 7 nitrogen and oxygen atoms in total. The molecule has 0 aromatic heterocycles. The van der Waals surface area contributed by atoms with Crippen LogP contribution in [0.15, 0.2) is 48.5 Å². The fourth-order valence-corrected chi connectivity index (χ4v) is 3.26. The average Bonchev–Trinajstić information content (AvgIpc) is 2.76. The van der Waals surface area contributed by atoms with E-state index >= 15 is 0 Å². The van der Waals surface area contributed by atoms with Gasteiger partial charge in [0, 0.05) is 12.1 Å². The molecular formula is C25H34N2O5. The predicted octanol–water partition coefficient (Wildman–Crippen LogP) is 3.80. The molecule has 0 radical (unpaired) electrons. The minimum Gasteiger partial charge on any atom is -0.497 e. The van der Waals surface area contributed by atoms with E-state index in [0.29, 0.717) is 17.9 Å². The summed E-state index contributed by atoms with van der Waals surface area (Å²) in [5.74, 6) is 1.25. The molecule has 0 saturated heterocycles. The first-order chi connectivity index (χ1) is 15.2. The topological polar surface area (TPSA) is 77.1 Å². The van der Waals surface area contributed by atoms with E-state index in [1.54, 1.807) is 31.3 Å². The van der Waals surface area contributed by atoms with Gasteiger partial charge in [-0.3, -0.25) is 9.59 Å². The van der Waals surface area contributed by atoms with E-state index in [1.165, 1.54) is 0 Å². The number of para-hydroxylation sites is 2. The summed E-state index contributed by atoms with van der Waals surface area (Å²) in [4.78, 5) is 27.9. The molecule has 2 rings (SSSR count). The Bertz CT molecular complexity index is 890. The SMILES string of the molecule is CC[C@H](C(=O)NC(C)(C)C)N(Cc1ccc(OC)cc1)C(=O)COc1ccccc1OC. The van der Waals surface area contributed by atoms with Crippen LogP contribution in [-0.2, 0) is 16.1 Å². The zero-order valence-corrected chi connectivity index (χ0v) is 19.8. The number of ether oxygens (including phenoxy) is 3. The van der Waals surface area contributed by atoms with Crippen molar-refractivity contribution in [1.29, 1.82) is 0 Å². The summed E-state index contributed by atoms with van der Waals surface area (Å²) in [5.41, 5.74) is 0.478. The minimum absolute atomic E-state index is 0.195. The molecule has 32 heavy (non-hydrogen) atoms. The fourth-order valence-electron chi connectivity index (χ4n) is 3.26. The summed E-state index contributed by atoms with van der Waals surface area (Å²) in [5, 5.41) is 2.99. The van der Waals surface area contributed by atoms with E-state index in [4.69, 9.17) is 14.2 Å². The van der Waals surface area contributed by atoms with Gasteiger partial charge in [0.1, 0.15) is 11.8 Å². The normalized spacial score (nSPS) is 11.9. The van der Waals surface area contributed by atoms with Gasteiger partial charge in [0.2, 0.25) is 5.91 Å². The van der Waals surface area contributed by atoms with Gasteiger partial charge in [-0.25, -0.2) is 0 Å². The third-order valence-corrected chi connectivity index (χ3v) is 4.82. The first kappa shape index (κ1) is 25.0. The number of amides is 2. The quantitative estimate of drug-likeness (QED) is 0.606. The fraction of sp³-hybridized carbons (Fsp3) is 0.440. The van der Waals surface area contributed by atoms with Gasteiger partial charge in [-0.2, -0.15) is 0 Å². The molecule has 1 N–H and O–H groups in total. The van der Waals surface area contributed by atoms with E-state index in [1.807, 2.05) is 64.1 Å². The van der Waals surface area contributed by atoms with Crippen LogP contribution in [0.2, 0.25) is 0 Å². The molecule has 0 bridgehead atoms. The summed E-state index contributed by atoms with van der Waals surface area (Å²) in [6, 6.07) is 13.9. The van der Waals surface area contributed by atoms with E-state index in [9.17, 15) is 9.59 Å². The van der Waals surface area contributed by atoms with Crippen LogP contribution in [0.5, 0.6) is 17.2 Å². The molecule has 0 fully saturated rings. The van der Waals surface area contributed by atoms with Gasteiger partial charge in [-0.1, -0.05) is 31.2 Å². The summed E-state index contributed by atoms with van der Waals surface area (Å²) in [6.07, 6.45) is 0.471. The smallest absolute Gasteiger partial charge is 0.261 e. The van der Waals surface area contributed by atoms with Crippen molar-refractivity contribution in [3.8, 4) is 17.2 Å². The number of hydrogen-bond donors (Lipinski definition) is 1. The molecule has 0 aliphatic rings. The number of carbonyl (C=O) groups is 2. The maximum atomic E-state index is 13.3. The molecule has 0 aliphatic carbocycles. The van der Waals surface area contributed by atoms with Crippen molar-refractivity contribution in [3.05, 3.63) is 54.1 Å². The second-order valence-electron chi connectivity index (χ2n) is 8.47. The Labute approximate surface area is 190 Å². The number of methoxy groups -OCH3 is 2.